The Morgan fingerprint density at radius 1 is 1.24 bits per heavy atom. The van der Waals surface area contributed by atoms with Crippen LogP contribution in [0.2, 0.25) is 0 Å². The lowest BCUT2D eigenvalue weighted by atomic mass is 9.96. The molecule has 1 aromatic heterocycles. The molecule has 0 aliphatic rings. The monoisotopic (exact) mass is 318 g/mol. The zero-order valence-electron chi connectivity index (χ0n) is 13.4. The van der Waals surface area contributed by atoms with Gasteiger partial charge in [0.1, 0.15) is 0 Å². The number of hydrogen-bond acceptors (Lipinski definition) is 5. The van der Waals surface area contributed by atoms with Gasteiger partial charge in [-0.15, -0.1) is 12.4 Å². The fourth-order valence-corrected chi connectivity index (χ4v) is 1.56. The summed E-state index contributed by atoms with van der Waals surface area (Å²) in [5, 5.41) is 10.0. The van der Waals surface area contributed by atoms with Crippen molar-refractivity contribution in [2.45, 2.75) is 52.4 Å². The highest BCUT2D eigenvalue weighted by Crippen LogP contribution is 2.18. The third-order valence-electron chi connectivity index (χ3n) is 2.76. The lowest BCUT2D eigenvalue weighted by molar-refractivity contribution is -0.121. The van der Waals surface area contributed by atoms with Gasteiger partial charge in [-0.2, -0.15) is 4.98 Å². The second-order valence-corrected chi connectivity index (χ2v) is 5.86. The number of amides is 1. The van der Waals surface area contributed by atoms with Gasteiger partial charge in [-0.3, -0.25) is 4.79 Å². The number of carbonyl (C=O) groups excluding carboxylic acids is 1. The highest BCUT2D eigenvalue weighted by Gasteiger charge is 2.20. The molecular weight excluding hydrogens is 292 g/mol. The van der Waals surface area contributed by atoms with Gasteiger partial charge in [-0.25, -0.2) is 0 Å². The number of hydrogen-bond donors (Lipinski definition) is 2. The van der Waals surface area contributed by atoms with Crippen molar-refractivity contribution < 1.29 is 9.32 Å². The minimum atomic E-state index is -0.130. The molecule has 0 unspecified atom stereocenters. The van der Waals surface area contributed by atoms with Crippen molar-refractivity contribution >= 4 is 18.3 Å². The van der Waals surface area contributed by atoms with Crippen molar-refractivity contribution in [2.75, 3.05) is 19.6 Å². The predicted octanol–water partition coefficient (Wildman–Crippen LogP) is 1.84. The van der Waals surface area contributed by atoms with Crippen molar-refractivity contribution in [3.63, 3.8) is 0 Å². The number of carbonyl (C=O) groups is 1. The molecule has 0 saturated carbocycles. The quantitative estimate of drug-likeness (QED) is 0.715. The molecule has 0 fully saturated rings. The summed E-state index contributed by atoms with van der Waals surface area (Å²) in [4.78, 5) is 15.9. The topological polar surface area (TPSA) is 80.0 Å². The predicted molar refractivity (Wildman–Crippen MR) is 84.7 cm³/mol. The van der Waals surface area contributed by atoms with Gasteiger partial charge < -0.3 is 15.2 Å². The van der Waals surface area contributed by atoms with E-state index in [2.05, 4.69) is 27.7 Å². The van der Waals surface area contributed by atoms with Gasteiger partial charge in [0, 0.05) is 31.3 Å². The Kier molecular flexibility index (Phi) is 9.21. The van der Waals surface area contributed by atoms with Crippen molar-refractivity contribution in [2.24, 2.45) is 0 Å². The van der Waals surface area contributed by atoms with Gasteiger partial charge in [0.15, 0.2) is 5.82 Å². The van der Waals surface area contributed by atoms with E-state index in [-0.39, 0.29) is 23.7 Å². The highest BCUT2D eigenvalue weighted by atomic mass is 35.5. The molecule has 122 valence electrons. The van der Waals surface area contributed by atoms with Gasteiger partial charge in [-0.05, 0) is 13.0 Å². The summed E-state index contributed by atoms with van der Waals surface area (Å²) in [6, 6.07) is 0. The van der Waals surface area contributed by atoms with Crippen LogP contribution in [-0.4, -0.2) is 35.7 Å². The van der Waals surface area contributed by atoms with E-state index in [0.29, 0.717) is 31.1 Å². The highest BCUT2D eigenvalue weighted by molar-refractivity contribution is 5.85. The molecule has 0 aliphatic carbocycles. The van der Waals surface area contributed by atoms with Gasteiger partial charge in [-0.1, -0.05) is 32.9 Å². The van der Waals surface area contributed by atoms with Crippen molar-refractivity contribution in [3.05, 3.63) is 11.7 Å². The van der Waals surface area contributed by atoms with Crippen LogP contribution in [0.3, 0.4) is 0 Å². The lowest BCUT2D eigenvalue weighted by Crippen LogP contribution is -2.32. The summed E-state index contributed by atoms with van der Waals surface area (Å²) in [5.41, 5.74) is -0.130. The molecule has 0 radical (unpaired) electrons. The van der Waals surface area contributed by atoms with E-state index in [9.17, 15) is 4.79 Å². The molecule has 1 rings (SSSR count). The van der Waals surface area contributed by atoms with E-state index < -0.39 is 0 Å². The molecule has 21 heavy (non-hydrogen) atoms. The minimum Gasteiger partial charge on any atom is -0.355 e. The first kappa shape index (κ1) is 19.9. The smallest absolute Gasteiger partial charge is 0.227 e. The van der Waals surface area contributed by atoms with Crippen molar-refractivity contribution in [1.29, 1.82) is 0 Å². The first-order valence-electron chi connectivity index (χ1n) is 7.24. The maximum atomic E-state index is 11.6. The molecule has 7 heteroatoms. The average molecular weight is 319 g/mol. The molecule has 0 aliphatic heterocycles. The Morgan fingerprint density at radius 2 is 1.95 bits per heavy atom. The molecule has 0 spiro atoms. The molecule has 1 heterocycles. The molecule has 0 atom stereocenters. The van der Waals surface area contributed by atoms with E-state index in [1.54, 1.807) is 0 Å². The Hall–Kier alpha value is -1.14. The fourth-order valence-electron chi connectivity index (χ4n) is 1.56. The Labute approximate surface area is 132 Å². The van der Waals surface area contributed by atoms with Gasteiger partial charge >= 0.3 is 0 Å². The van der Waals surface area contributed by atoms with Crippen LogP contribution in [0.15, 0.2) is 4.52 Å². The molecule has 0 aromatic carbocycles. The number of aryl methyl sites for hydroxylation is 1. The number of halogens is 1. The van der Waals surface area contributed by atoms with Gasteiger partial charge in [0.05, 0.1) is 0 Å². The Morgan fingerprint density at radius 3 is 2.52 bits per heavy atom. The average Bonchev–Trinajstić information content (AvgIpc) is 2.85. The molecule has 0 bridgehead atoms. The lowest BCUT2D eigenvalue weighted by Gasteiger charge is -2.10. The van der Waals surface area contributed by atoms with Crippen LogP contribution < -0.4 is 10.6 Å². The van der Waals surface area contributed by atoms with Crippen LogP contribution in [0.4, 0.5) is 0 Å². The van der Waals surface area contributed by atoms with Crippen LogP contribution in [0.5, 0.6) is 0 Å². The van der Waals surface area contributed by atoms with Crippen LogP contribution >= 0.6 is 12.4 Å². The zero-order valence-corrected chi connectivity index (χ0v) is 14.2. The third kappa shape index (κ3) is 8.02. The maximum absolute atomic E-state index is 11.6. The summed E-state index contributed by atoms with van der Waals surface area (Å²) in [6.07, 6.45) is 1.96. The summed E-state index contributed by atoms with van der Waals surface area (Å²) < 4.78 is 5.15. The molecule has 0 saturated heterocycles. The zero-order chi connectivity index (χ0) is 15.0. The molecule has 2 N–H and O–H groups in total. The minimum absolute atomic E-state index is 0. The normalized spacial score (nSPS) is 11.0. The second kappa shape index (κ2) is 9.73. The summed E-state index contributed by atoms with van der Waals surface area (Å²) in [5.74, 6) is 1.21. The van der Waals surface area contributed by atoms with E-state index >= 15 is 0 Å². The van der Waals surface area contributed by atoms with Crippen LogP contribution in [-0.2, 0) is 16.6 Å². The number of nitrogens with one attached hydrogen (secondary N) is 2. The van der Waals surface area contributed by atoms with Crippen LogP contribution in [0.1, 0.15) is 52.3 Å². The molecule has 1 aromatic rings. The van der Waals surface area contributed by atoms with E-state index in [0.717, 1.165) is 19.5 Å². The van der Waals surface area contributed by atoms with E-state index in [1.807, 2.05) is 20.8 Å². The third-order valence-corrected chi connectivity index (χ3v) is 2.76. The second-order valence-electron chi connectivity index (χ2n) is 5.86. The fraction of sp³-hybridized carbons (Fsp3) is 0.786. The Bertz CT molecular complexity index is 415. The van der Waals surface area contributed by atoms with Gasteiger partial charge in [0.2, 0.25) is 11.8 Å². The first-order chi connectivity index (χ1) is 9.43. The standard InChI is InChI=1S/C14H26N4O2.ClH/c1-5-8-15-9-10-16-11(19)6-7-12-17-13(18-20-12)14(2,3)4;/h15H,5-10H2,1-4H3,(H,16,19);1H. The molecule has 1 amide bonds. The SMILES string of the molecule is CCCNCCNC(=O)CCc1nc(C(C)(C)C)no1.Cl. The Balaban J connectivity index is 0.00000400. The number of aromatic nitrogens is 2. The maximum Gasteiger partial charge on any atom is 0.227 e. The van der Waals surface area contributed by atoms with Crippen LogP contribution in [0, 0.1) is 0 Å². The molecule has 6 nitrogen and oxygen atoms in total. The summed E-state index contributed by atoms with van der Waals surface area (Å²) in [7, 11) is 0. The largest absolute Gasteiger partial charge is 0.355 e. The van der Waals surface area contributed by atoms with E-state index in [1.165, 1.54) is 0 Å². The summed E-state index contributed by atoms with van der Waals surface area (Å²) >= 11 is 0. The summed E-state index contributed by atoms with van der Waals surface area (Å²) in [6.45, 7) is 10.6. The number of nitrogens with zero attached hydrogens (tertiary/aromatic N) is 2. The van der Waals surface area contributed by atoms with Gasteiger partial charge in [0.25, 0.3) is 0 Å². The molecular formula is C14H27ClN4O2. The van der Waals surface area contributed by atoms with Crippen molar-refractivity contribution in [1.82, 2.24) is 20.8 Å². The van der Waals surface area contributed by atoms with Crippen molar-refractivity contribution in [3.8, 4) is 0 Å². The first-order valence-corrected chi connectivity index (χ1v) is 7.24. The van der Waals surface area contributed by atoms with Crippen LogP contribution in [0.25, 0.3) is 0 Å². The van der Waals surface area contributed by atoms with E-state index in [4.69, 9.17) is 4.52 Å². The number of rotatable bonds is 8.